The molecular weight excluding hydrogens is 344 g/mol. The normalized spacial score (nSPS) is 24.9. The molecule has 1 saturated carbocycles. The third-order valence-corrected chi connectivity index (χ3v) is 6.23. The zero-order valence-electron chi connectivity index (χ0n) is 12.2. The Balaban J connectivity index is 1.72. The highest BCUT2D eigenvalue weighted by molar-refractivity contribution is 9.10. The molecule has 2 aromatic rings. The maximum atomic E-state index is 4.82. The average Bonchev–Trinajstić information content (AvgIpc) is 3.17. The summed E-state index contributed by atoms with van der Waals surface area (Å²) in [5, 5.41) is 7.39. The van der Waals surface area contributed by atoms with E-state index in [-0.39, 0.29) is 5.54 Å². The summed E-state index contributed by atoms with van der Waals surface area (Å²) in [6.45, 7) is 2.10. The number of benzene rings is 1. The van der Waals surface area contributed by atoms with Crippen LogP contribution in [0.2, 0.25) is 0 Å². The lowest BCUT2D eigenvalue weighted by molar-refractivity contribution is 0.286. The number of rotatable bonds is 3. The van der Waals surface area contributed by atoms with Gasteiger partial charge in [-0.25, -0.2) is 4.98 Å². The summed E-state index contributed by atoms with van der Waals surface area (Å²) >= 11 is 5.41. The number of aromatic nitrogens is 1. The van der Waals surface area contributed by atoms with E-state index in [9.17, 15) is 0 Å². The van der Waals surface area contributed by atoms with E-state index in [2.05, 4.69) is 51.7 Å². The zero-order chi connectivity index (χ0) is 14.4. The second-order valence-corrected chi connectivity index (χ2v) is 8.16. The number of thiazole rings is 1. The van der Waals surface area contributed by atoms with Crippen LogP contribution in [0.25, 0.3) is 0 Å². The van der Waals surface area contributed by atoms with Gasteiger partial charge in [0.1, 0.15) is 5.01 Å². The van der Waals surface area contributed by atoms with E-state index in [4.69, 9.17) is 4.98 Å². The smallest absolute Gasteiger partial charge is 0.113 e. The van der Waals surface area contributed by atoms with Crippen LogP contribution in [0.3, 0.4) is 0 Å². The number of fused-ring (bicyclic) bond motifs is 1. The molecule has 4 rings (SSSR count). The van der Waals surface area contributed by atoms with Crippen molar-refractivity contribution >= 4 is 27.3 Å². The molecule has 1 atom stereocenters. The molecule has 0 aliphatic heterocycles. The summed E-state index contributed by atoms with van der Waals surface area (Å²) in [7, 11) is 0. The van der Waals surface area contributed by atoms with Crippen molar-refractivity contribution in [3.05, 3.63) is 49.9 Å². The fourth-order valence-corrected chi connectivity index (χ4v) is 4.72. The van der Waals surface area contributed by atoms with Gasteiger partial charge in [0.15, 0.2) is 0 Å². The van der Waals surface area contributed by atoms with Crippen molar-refractivity contribution in [3.63, 3.8) is 0 Å². The number of nitrogens with one attached hydrogen (secondary N) is 1. The minimum Gasteiger partial charge on any atom is -0.302 e. The molecule has 2 aliphatic carbocycles. The molecule has 2 aliphatic rings. The number of nitrogens with zero attached hydrogens (tertiary/aromatic N) is 1. The maximum Gasteiger partial charge on any atom is 0.113 e. The standard InChI is InChI=1S/C17H19BrN2S/c1-11-10-21-16(19-11)17(20-15-4-5-15)7-6-12-8-14(18)3-2-13(12)9-17/h2-3,8,10,15,20H,4-7,9H2,1H3. The molecule has 2 nitrogen and oxygen atoms in total. The highest BCUT2D eigenvalue weighted by Gasteiger charge is 2.42. The summed E-state index contributed by atoms with van der Waals surface area (Å²) in [6.07, 6.45) is 5.99. The van der Waals surface area contributed by atoms with Crippen LogP contribution in [0.5, 0.6) is 0 Å². The Morgan fingerprint density at radius 1 is 1.33 bits per heavy atom. The maximum absolute atomic E-state index is 4.82. The fourth-order valence-electron chi connectivity index (χ4n) is 3.32. The van der Waals surface area contributed by atoms with Gasteiger partial charge in [-0.15, -0.1) is 11.3 Å². The van der Waals surface area contributed by atoms with Crippen molar-refractivity contribution in [1.29, 1.82) is 0 Å². The molecule has 21 heavy (non-hydrogen) atoms. The van der Waals surface area contributed by atoms with Crippen LogP contribution in [0.4, 0.5) is 0 Å². The van der Waals surface area contributed by atoms with Gasteiger partial charge in [0.2, 0.25) is 0 Å². The van der Waals surface area contributed by atoms with Crippen molar-refractivity contribution in [1.82, 2.24) is 10.3 Å². The van der Waals surface area contributed by atoms with Crippen molar-refractivity contribution in [2.45, 2.75) is 50.6 Å². The Labute approximate surface area is 138 Å². The first kappa shape index (κ1) is 13.9. The molecule has 110 valence electrons. The van der Waals surface area contributed by atoms with Crippen LogP contribution in [0, 0.1) is 6.92 Å². The van der Waals surface area contributed by atoms with Gasteiger partial charge in [0.25, 0.3) is 0 Å². The lowest BCUT2D eigenvalue weighted by Crippen LogP contribution is -2.48. The second-order valence-electron chi connectivity index (χ2n) is 6.38. The fraction of sp³-hybridized carbons (Fsp3) is 0.471. The Morgan fingerprint density at radius 3 is 2.90 bits per heavy atom. The quantitative estimate of drug-likeness (QED) is 0.877. The van der Waals surface area contributed by atoms with Gasteiger partial charge < -0.3 is 5.32 Å². The van der Waals surface area contributed by atoms with Crippen molar-refractivity contribution in [2.24, 2.45) is 0 Å². The highest BCUT2D eigenvalue weighted by Crippen LogP contribution is 2.41. The topological polar surface area (TPSA) is 24.9 Å². The largest absolute Gasteiger partial charge is 0.302 e. The highest BCUT2D eigenvalue weighted by atomic mass is 79.9. The minimum absolute atomic E-state index is 0.0565. The molecule has 1 aromatic heterocycles. The predicted octanol–water partition coefficient (Wildman–Crippen LogP) is 4.35. The first-order valence-corrected chi connectivity index (χ1v) is 9.29. The minimum atomic E-state index is 0.0565. The van der Waals surface area contributed by atoms with E-state index in [1.54, 1.807) is 0 Å². The van der Waals surface area contributed by atoms with Crippen LogP contribution in [-0.2, 0) is 18.4 Å². The van der Waals surface area contributed by atoms with Crippen molar-refractivity contribution in [2.75, 3.05) is 0 Å². The third kappa shape index (κ3) is 2.69. The van der Waals surface area contributed by atoms with Gasteiger partial charge in [0.05, 0.1) is 5.54 Å². The molecule has 1 unspecified atom stereocenters. The molecule has 0 radical (unpaired) electrons. The number of halogens is 1. The molecule has 4 heteroatoms. The predicted molar refractivity (Wildman–Crippen MR) is 90.9 cm³/mol. The number of aryl methyl sites for hydroxylation is 2. The first-order valence-electron chi connectivity index (χ1n) is 7.62. The SMILES string of the molecule is Cc1csc(C2(NC3CC3)CCc3cc(Br)ccc3C2)n1. The monoisotopic (exact) mass is 362 g/mol. The van der Waals surface area contributed by atoms with Gasteiger partial charge in [-0.3, -0.25) is 0 Å². The second kappa shape index (κ2) is 5.18. The van der Waals surface area contributed by atoms with Crippen LogP contribution < -0.4 is 5.32 Å². The summed E-state index contributed by atoms with van der Waals surface area (Å²) in [6, 6.07) is 7.43. The van der Waals surface area contributed by atoms with E-state index >= 15 is 0 Å². The number of hydrogen-bond acceptors (Lipinski definition) is 3. The molecule has 0 spiro atoms. The van der Waals surface area contributed by atoms with E-state index in [1.165, 1.54) is 33.4 Å². The molecule has 0 bridgehead atoms. The molecule has 1 aromatic carbocycles. The van der Waals surface area contributed by atoms with Crippen LogP contribution >= 0.6 is 27.3 Å². The molecule has 0 amide bonds. The van der Waals surface area contributed by atoms with Gasteiger partial charge in [-0.2, -0.15) is 0 Å². The summed E-state index contributed by atoms with van der Waals surface area (Å²) in [5.41, 5.74) is 4.17. The molecule has 1 N–H and O–H groups in total. The Bertz CT molecular complexity index is 677. The van der Waals surface area contributed by atoms with Gasteiger partial charge in [-0.1, -0.05) is 22.0 Å². The summed E-state index contributed by atoms with van der Waals surface area (Å²) in [4.78, 5) is 4.82. The lowest BCUT2D eigenvalue weighted by atomic mass is 9.78. The van der Waals surface area contributed by atoms with Gasteiger partial charge >= 0.3 is 0 Å². The van der Waals surface area contributed by atoms with Gasteiger partial charge in [-0.05, 0) is 62.3 Å². The van der Waals surface area contributed by atoms with Gasteiger partial charge in [0, 0.05) is 21.6 Å². The van der Waals surface area contributed by atoms with Crippen LogP contribution in [0.15, 0.2) is 28.1 Å². The summed E-state index contributed by atoms with van der Waals surface area (Å²) < 4.78 is 1.19. The Hall–Kier alpha value is -0.710. The Kier molecular flexibility index (Phi) is 3.43. The van der Waals surface area contributed by atoms with E-state index < -0.39 is 0 Å². The van der Waals surface area contributed by atoms with Crippen LogP contribution in [-0.4, -0.2) is 11.0 Å². The van der Waals surface area contributed by atoms with E-state index in [0.717, 1.165) is 25.0 Å². The molecule has 1 fully saturated rings. The molecular formula is C17H19BrN2S. The van der Waals surface area contributed by atoms with Crippen molar-refractivity contribution in [3.8, 4) is 0 Å². The van der Waals surface area contributed by atoms with Crippen LogP contribution in [0.1, 0.15) is 41.1 Å². The number of hydrogen-bond donors (Lipinski definition) is 1. The van der Waals surface area contributed by atoms with E-state index in [1.807, 2.05) is 11.3 Å². The summed E-state index contributed by atoms with van der Waals surface area (Å²) in [5.74, 6) is 0. The van der Waals surface area contributed by atoms with Crippen molar-refractivity contribution < 1.29 is 0 Å². The molecule has 0 saturated heterocycles. The lowest BCUT2D eigenvalue weighted by Gasteiger charge is -2.38. The third-order valence-electron chi connectivity index (χ3n) is 4.57. The molecule has 1 heterocycles. The zero-order valence-corrected chi connectivity index (χ0v) is 14.6. The Morgan fingerprint density at radius 2 is 2.19 bits per heavy atom. The first-order chi connectivity index (χ1) is 10.1. The van der Waals surface area contributed by atoms with E-state index in [0.29, 0.717) is 6.04 Å². The average molecular weight is 363 g/mol.